The zero-order chi connectivity index (χ0) is 12.9. The number of hydrogen-bond donors (Lipinski definition) is 0. The maximum Gasteiger partial charge on any atom is 0.0366 e. The Morgan fingerprint density at radius 2 is 1.63 bits per heavy atom. The minimum Gasteiger partial charge on any atom is -0.372 e. The van der Waals surface area contributed by atoms with Gasteiger partial charge in [-0.3, -0.25) is 0 Å². The van der Waals surface area contributed by atoms with Crippen LogP contribution in [-0.2, 0) is 12.8 Å². The van der Waals surface area contributed by atoms with Crippen LogP contribution in [0.15, 0.2) is 48.5 Å². The molecule has 0 atom stereocenters. The molecule has 1 heterocycles. The van der Waals surface area contributed by atoms with Gasteiger partial charge in [0.25, 0.3) is 0 Å². The van der Waals surface area contributed by atoms with Gasteiger partial charge >= 0.3 is 0 Å². The second kappa shape index (κ2) is 5.92. The molecule has 2 aromatic carbocycles. The molecule has 1 aliphatic rings. The molecule has 0 unspecified atom stereocenters. The van der Waals surface area contributed by atoms with Crippen molar-refractivity contribution >= 4 is 5.69 Å². The van der Waals surface area contributed by atoms with Gasteiger partial charge in [0.1, 0.15) is 0 Å². The fraction of sp³-hybridized carbons (Fsp3) is 0.333. The van der Waals surface area contributed by atoms with Crippen molar-refractivity contribution in [1.82, 2.24) is 0 Å². The van der Waals surface area contributed by atoms with Crippen molar-refractivity contribution in [3.63, 3.8) is 0 Å². The standard InChI is InChI=1S/C18H20N/c1-2-6-16(7-3-1)8-9-17-10-12-18(13-11-17)19-14-4-5-15-19/h1-2,6-7,10-13H,4-5,8-9,14-15H2. The lowest BCUT2D eigenvalue weighted by molar-refractivity contribution is 0.947. The van der Waals surface area contributed by atoms with Crippen LogP contribution in [-0.4, -0.2) is 13.1 Å². The van der Waals surface area contributed by atoms with Crippen LogP contribution in [0.1, 0.15) is 24.0 Å². The topological polar surface area (TPSA) is 3.24 Å². The number of hydrogen-bond acceptors (Lipinski definition) is 1. The van der Waals surface area contributed by atoms with Crippen molar-refractivity contribution in [1.29, 1.82) is 0 Å². The monoisotopic (exact) mass is 250 g/mol. The summed E-state index contributed by atoms with van der Waals surface area (Å²) in [5.74, 6) is 0. The second-order valence-corrected chi connectivity index (χ2v) is 5.27. The summed E-state index contributed by atoms with van der Waals surface area (Å²) < 4.78 is 0. The SMILES string of the molecule is [c]1cccc(CCc2ccc(N3CCCC3)cc2)c1. The minimum atomic E-state index is 1.10. The van der Waals surface area contributed by atoms with E-state index in [1.807, 2.05) is 6.07 Å². The molecule has 3 rings (SSSR count). The van der Waals surface area contributed by atoms with Crippen LogP contribution in [0.5, 0.6) is 0 Å². The average molecular weight is 250 g/mol. The predicted octanol–water partition coefficient (Wildman–Crippen LogP) is 3.87. The Hall–Kier alpha value is -1.76. The van der Waals surface area contributed by atoms with E-state index in [-0.39, 0.29) is 0 Å². The number of benzene rings is 2. The molecule has 0 saturated carbocycles. The molecule has 1 aliphatic heterocycles. The van der Waals surface area contributed by atoms with E-state index in [4.69, 9.17) is 0 Å². The van der Waals surface area contributed by atoms with Crippen LogP contribution >= 0.6 is 0 Å². The van der Waals surface area contributed by atoms with Crippen LogP contribution in [0, 0.1) is 6.07 Å². The van der Waals surface area contributed by atoms with E-state index in [9.17, 15) is 0 Å². The highest BCUT2D eigenvalue weighted by Crippen LogP contribution is 2.20. The Morgan fingerprint density at radius 3 is 2.32 bits per heavy atom. The second-order valence-electron chi connectivity index (χ2n) is 5.27. The summed E-state index contributed by atoms with van der Waals surface area (Å²) in [5, 5.41) is 0. The van der Waals surface area contributed by atoms with Crippen molar-refractivity contribution < 1.29 is 0 Å². The lowest BCUT2D eigenvalue weighted by Crippen LogP contribution is -2.17. The van der Waals surface area contributed by atoms with Crippen LogP contribution in [0.25, 0.3) is 0 Å². The fourth-order valence-electron chi connectivity index (χ4n) is 2.72. The van der Waals surface area contributed by atoms with Gasteiger partial charge in [-0.25, -0.2) is 0 Å². The third-order valence-corrected chi connectivity index (χ3v) is 3.88. The van der Waals surface area contributed by atoms with E-state index in [2.05, 4.69) is 53.4 Å². The number of nitrogens with zero attached hydrogens (tertiary/aromatic N) is 1. The van der Waals surface area contributed by atoms with Gasteiger partial charge in [-0.15, -0.1) is 0 Å². The summed E-state index contributed by atoms with van der Waals surface area (Å²) >= 11 is 0. The highest BCUT2D eigenvalue weighted by molar-refractivity contribution is 5.48. The van der Waals surface area contributed by atoms with Crippen LogP contribution < -0.4 is 4.90 Å². The third kappa shape index (κ3) is 3.17. The molecule has 0 aliphatic carbocycles. The summed E-state index contributed by atoms with van der Waals surface area (Å²) in [7, 11) is 0. The molecule has 0 amide bonds. The third-order valence-electron chi connectivity index (χ3n) is 3.88. The largest absolute Gasteiger partial charge is 0.372 e. The maximum atomic E-state index is 3.14. The van der Waals surface area contributed by atoms with E-state index in [1.54, 1.807) is 0 Å². The van der Waals surface area contributed by atoms with Crippen molar-refractivity contribution in [3.05, 3.63) is 65.7 Å². The van der Waals surface area contributed by atoms with Gasteiger partial charge in [0, 0.05) is 18.8 Å². The van der Waals surface area contributed by atoms with Gasteiger partial charge in [-0.2, -0.15) is 0 Å². The van der Waals surface area contributed by atoms with Gasteiger partial charge < -0.3 is 4.90 Å². The fourth-order valence-corrected chi connectivity index (χ4v) is 2.72. The molecule has 1 saturated heterocycles. The molecule has 2 aromatic rings. The van der Waals surface area contributed by atoms with Gasteiger partial charge in [0.15, 0.2) is 0 Å². The molecular formula is C18H20N. The Kier molecular flexibility index (Phi) is 3.83. The first-order valence-corrected chi connectivity index (χ1v) is 7.21. The molecule has 0 spiro atoms. The van der Waals surface area contributed by atoms with E-state index < -0.39 is 0 Å². The Balaban J connectivity index is 1.60. The Morgan fingerprint density at radius 1 is 0.895 bits per heavy atom. The number of aryl methyl sites for hydroxylation is 2. The first-order valence-electron chi connectivity index (χ1n) is 7.21. The molecule has 19 heavy (non-hydrogen) atoms. The highest BCUT2D eigenvalue weighted by Gasteiger charge is 2.11. The van der Waals surface area contributed by atoms with Crippen LogP contribution in [0.2, 0.25) is 0 Å². The zero-order valence-corrected chi connectivity index (χ0v) is 11.3. The minimum absolute atomic E-state index is 1.10. The lowest BCUT2D eigenvalue weighted by atomic mass is 10.0. The first kappa shape index (κ1) is 12.3. The zero-order valence-electron chi connectivity index (χ0n) is 11.3. The summed E-state index contributed by atoms with van der Waals surface area (Å²) in [4.78, 5) is 2.48. The van der Waals surface area contributed by atoms with Gasteiger partial charge in [0.05, 0.1) is 0 Å². The summed E-state index contributed by atoms with van der Waals surface area (Å²) in [6, 6.07) is 20.5. The quantitative estimate of drug-likeness (QED) is 0.796. The Bertz CT molecular complexity index is 495. The molecule has 1 radical (unpaired) electrons. The van der Waals surface area contributed by atoms with Crippen molar-refractivity contribution in [3.8, 4) is 0 Å². The van der Waals surface area contributed by atoms with Gasteiger partial charge in [-0.1, -0.05) is 36.4 Å². The normalized spacial score (nSPS) is 14.8. The number of rotatable bonds is 4. The lowest BCUT2D eigenvalue weighted by Gasteiger charge is -2.17. The van der Waals surface area contributed by atoms with E-state index in [0.29, 0.717) is 0 Å². The predicted molar refractivity (Wildman–Crippen MR) is 80.6 cm³/mol. The molecule has 0 aromatic heterocycles. The summed E-state index contributed by atoms with van der Waals surface area (Å²) in [5.41, 5.74) is 4.17. The molecule has 1 heteroatoms. The van der Waals surface area contributed by atoms with Crippen molar-refractivity contribution in [2.45, 2.75) is 25.7 Å². The first-order chi connectivity index (χ1) is 9.42. The smallest absolute Gasteiger partial charge is 0.0366 e. The summed E-state index contributed by atoms with van der Waals surface area (Å²) in [6.45, 7) is 2.44. The van der Waals surface area contributed by atoms with Gasteiger partial charge in [0.2, 0.25) is 0 Å². The van der Waals surface area contributed by atoms with Gasteiger partial charge in [-0.05, 0) is 55.0 Å². The van der Waals surface area contributed by atoms with Crippen molar-refractivity contribution in [2.24, 2.45) is 0 Å². The Labute approximate surface area is 115 Å². The van der Waals surface area contributed by atoms with E-state index >= 15 is 0 Å². The number of anilines is 1. The molecule has 1 fully saturated rings. The molecule has 1 nitrogen and oxygen atoms in total. The maximum absolute atomic E-state index is 3.14. The van der Waals surface area contributed by atoms with Crippen molar-refractivity contribution in [2.75, 3.05) is 18.0 Å². The van der Waals surface area contributed by atoms with E-state index in [0.717, 1.165) is 12.8 Å². The molecule has 0 bridgehead atoms. The average Bonchev–Trinajstić information content (AvgIpc) is 3.01. The highest BCUT2D eigenvalue weighted by atomic mass is 15.1. The molecule has 97 valence electrons. The van der Waals surface area contributed by atoms with Crippen LogP contribution in [0.3, 0.4) is 0 Å². The molecule has 0 N–H and O–H groups in total. The molecular weight excluding hydrogens is 230 g/mol. The van der Waals surface area contributed by atoms with E-state index in [1.165, 1.54) is 42.7 Å². The van der Waals surface area contributed by atoms with Crippen LogP contribution in [0.4, 0.5) is 5.69 Å². The summed E-state index contributed by atoms with van der Waals surface area (Å²) in [6.07, 6.45) is 4.89.